The lowest BCUT2D eigenvalue weighted by Crippen LogP contribution is -2.43. The largest absolute Gasteiger partial charge is 0.428 e. The zero-order valence-electron chi connectivity index (χ0n) is 21.5. The predicted octanol–water partition coefficient (Wildman–Crippen LogP) is 4.55. The molecule has 0 radical (unpaired) electrons. The number of ether oxygens (including phenoxy) is 5. The van der Waals surface area contributed by atoms with Crippen LogP contribution in [0, 0.1) is 35.0 Å². The molecule has 0 aromatic heterocycles. The first kappa shape index (κ1) is 29.2. The predicted molar refractivity (Wildman–Crippen MR) is 132 cm³/mol. The Bertz CT molecular complexity index is 1040. The topological polar surface area (TPSA) is 114 Å². The molecule has 37 heavy (non-hydrogen) atoms. The summed E-state index contributed by atoms with van der Waals surface area (Å²) in [4.78, 5) is 49.3. The molecule has 2 aliphatic carbocycles. The van der Waals surface area contributed by atoms with Crippen molar-refractivity contribution in [2.24, 2.45) is 35.0 Å². The van der Waals surface area contributed by atoms with Crippen LogP contribution in [0.5, 0.6) is 0 Å². The third-order valence-corrected chi connectivity index (χ3v) is 7.64. The summed E-state index contributed by atoms with van der Waals surface area (Å²) in [5.74, 6) is -4.07. The molecule has 0 saturated heterocycles. The summed E-state index contributed by atoms with van der Waals surface area (Å²) in [5.41, 5.74) is -0.442. The van der Waals surface area contributed by atoms with Crippen molar-refractivity contribution in [1.82, 2.24) is 0 Å². The van der Waals surface area contributed by atoms with Crippen LogP contribution in [0.15, 0.2) is 18.2 Å². The van der Waals surface area contributed by atoms with Crippen LogP contribution in [0.2, 0.25) is 10.0 Å². The van der Waals surface area contributed by atoms with Crippen molar-refractivity contribution in [2.45, 2.75) is 53.8 Å². The first-order chi connectivity index (χ1) is 17.4. The van der Waals surface area contributed by atoms with Crippen LogP contribution >= 0.6 is 23.2 Å². The molecule has 9 nitrogen and oxygen atoms in total. The van der Waals surface area contributed by atoms with Gasteiger partial charge in [-0.1, -0.05) is 57.0 Å². The fourth-order valence-electron chi connectivity index (χ4n) is 4.72. The number of rotatable bonds is 11. The van der Waals surface area contributed by atoms with Crippen LogP contribution in [0.1, 0.15) is 46.6 Å². The van der Waals surface area contributed by atoms with Gasteiger partial charge in [-0.2, -0.15) is 0 Å². The average Bonchev–Trinajstić information content (AvgIpc) is 3.49. The van der Waals surface area contributed by atoms with Gasteiger partial charge in [-0.3, -0.25) is 19.2 Å². The van der Waals surface area contributed by atoms with Gasteiger partial charge in [0.25, 0.3) is 0 Å². The number of benzene rings is 1. The number of carbonyl (C=O) groups excluding carboxylic acids is 4. The molecule has 204 valence electrons. The van der Waals surface area contributed by atoms with Crippen molar-refractivity contribution in [3.8, 4) is 0 Å². The minimum absolute atomic E-state index is 0.159. The summed E-state index contributed by atoms with van der Waals surface area (Å²) in [6.45, 7) is 7.48. The first-order valence-corrected chi connectivity index (χ1v) is 12.9. The van der Waals surface area contributed by atoms with Crippen LogP contribution in [-0.2, 0) is 49.5 Å². The standard InChI is InChI=1S/C26H32Cl2O9/c1-13(2)22(29)34-11-36-24(31)20-16-9-19(33-10-15-6-7-17(27)18(28)8-15)26(5,21(16)20)25(32)37-12-35-23(30)14(3)4/h6-8,13-14,16,19-21H,9-12H2,1-5H3. The highest BCUT2D eigenvalue weighted by Crippen LogP contribution is 2.67. The van der Waals surface area contributed by atoms with E-state index in [0.29, 0.717) is 16.5 Å². The number of hydrogen-bond donors (Lipinski definition) is 0. The van der Waals surface area contributed by atoms with E-state index in [1.807, 2.05) is 0 Å². The van der Waals surface area contributed by atoms with E-state index in [1.165, 1.54) is 0 Å². The third-order valence-electron chi connectivity index (χ3n) is 6.90. The Kier molecular flexibility index (Phi) is 9.47. The fraction of sp³-hybridized carbons (Fsp3) is 0.615. The van der Waals surface area contributed by atoms with Gasteiger partial charge in [-0.05, 0) is 42.9 Å². The second kappa shape index (κ2) is 12.0. The third kappa shape index (κ3) is 6.56. The van der Waals surface area contributed by atoms with Crippen LogP contribution in [0.3, 0.4) is 0 Å². The van der Waals surface area contributed by atoms with Gasteiger partial charge < -0.3 is 23.7 Å². The summed E-state index contributed by atoms with van der Waals surface area (Å²) in [7, 11) is 0. The van der Waals surface area contributed by atoms with Crippen molar-refractivity contribution >= 4 is 47.1 Å². The Hall–Kier alpha value is -2.36. The SMILES string of the molecule is CC(C)C(=O)OCOC(=O)C1C2CC(OCc3ccc(Cl)c(Cl)c3)C(C)(C(=O)OCOC(=O)C(C)C)C21. The molecule has 5 unspecified atom stereocenters. The van der Waals surface area contributed by atoms with Crippen LogP contribution in [-0.4, -0.2) is 43.6 Å². The van der Waals surface area contributed by atoms with Gasteiger partial charge >= 0.3 is 23.9 Å². The van der Waals surface area contributed by atoms with E-state index in [0.717, 1.165) is 5.56 Å². The molecule has 0 spiro atoms. The summed E-state index contributed by atoms with van der Waals surface area (Å²) in [6.07, 6.45) is -0.164. The summed E-state index contributed by atoms with van der Waals surface area (Å²) >= 11 is 12.1. The van der Waals surface area contributed by atoms with Crippen molar-refractivity contribution in [3.05, 3.63) is 33.8 Å². The Balaban J connectivity index is 1.68. The highest BCUT2D eigenvalue weighted by atomic mass is 35.5. The molecule has 2 fully saturated rings. The fourth-order valence-corrected chi connectivity index (χ4v) is 5.04. The smallest absolute Gasteiger partial charge is 0.317 e. The first-order valence-electron chi connectivity index (χ1n) is 12.1. The van der Waals surface area contributed by atoms with E-state index >= 15 is 0 Å². The number of hydrogen-bond acceptors (Lipinski definition) is 9. The maximum atomic E-state index is 13.3. The number of carbonyl (C=O) groups is 4. The molecule has 0 heterocycles. The van der Waals surface area contributed by atoms with Crippen LogP contribution < -0.4 is 0 Å². The maximum absolute atomic E-state index is 13.3. The zero-order valence-corrected chi connectivity index (χ0v) is 23.0. The molecule has 11 heteroatoms. The average molecular weight is 559 g/mol. The van der Waals surface area contributed by atoms with Gasteiger partial charge in [0.2, 0.25) is 13.6 Å². The highest BCUT2D eigenvalue weighted by Gasteiger charge is 2.74. The highest BCUT2D eigenvalue weighted by molar-refractivity contribution is 6.42. The van der Waals surface area contributed by atoms with E-state index in [9.17, 15) is 19.2 Å². The second-order valence-electron chi connectivity index (χ2n) is 10.1. The molecule has 0 aliphatic heterocycles. The van der Waals surface area contributed by atoms with Crippen molar-refractivity contribution in [2.75, 3.05) is 13.6 Å². The molecular formula is C26H32Cl2O9. The summed E-state index contributed by atoms with van der Waals surface area (Å²) in [6, 6.07) is 5.10. The second-order valence-corrected chi connectivity index (χ2v) is 11.0. The summed E-state index contributed by atoms with van der Waals surface area (Å²) < 4.78 is 26.5. The Morgan fingerprint density at radius 3 is 2.08 bits per heavy atom. The molecule has 0 amide bonds. The van der Waals surface area contributed by atoms with Gasteiger partial charge in [0, 0.05) is 0 Å². The van der Waals surface area contributed by atoms with Crippen LogP contribution in [0.4, 0.5) is 0 Å². The van der Waals surface area contributed by atoms with Crippen LogP contribution in [0.25, 0.3) is 0 Å². The zero-order chi connectivity index (χ0) is 27.5. The van der Waals surface area contributed by atoms with Gasteiger partial charge in [-0.15, -0.1) is 0 Å². The minimum Gasteiger partial charge on any atom is -0.428 e. The molecule has 5 atom stereocenters. The number of fused-ring (bicyclic) bond motifs is 1. The van der Waals surface area contributed by atoms with Gasteiger partial charge in [0.1, 0.15) is 0 Å². The van der Waals surface area contributed by atoms with E-state index in [4.69, 9.17) is 46.9 Å². The molecule has 1 aromatic carbocycles. The maximum Gasteiger partial charge on any atom is 0.317 e. The van der Waals surface area contributed by atoms with Gasteiger partial charge in [0.15, 0.2) is 0 Å². The van der Waals surface area contributed by atoms with E-state index in [1.54, 1.807) is 52.8 Å². The van der Waals surface area contributed by atoms with Crippen molar-refractivity contribution in [1.29, 1.82) is 0 Å². The van der Waals surface area contributed by atoms with E-state index in [-0.39, 0.29) is 24.4 Å². The molecule has 0 N–H and O–H groups in total. The molecule has 2 saturated carbocycles. The normalized spacial score (nSPS) is 26.0. The Labute approximate surface area is 226 Å². The monoisotopic (exact) mass is 558 g/mol. The molecule has 3 rings (SSSR count). The summed E-state index contributed by atoms with van der Waals surface area (Å²) in [5, 5.41) is 0.796. The lowest BCUT2D eigenvalue weighted by molar-refractivity contribution is -0.184. The Morgan fingerprint density at radius 1 is 0.919 bits per heavy atom. The lowest BCUT2D eigenvalue weighted by atomic mass is 9.80. The Morgan fingerprint density at radius 2 is 1.51 bits per heavy atom. The molecular weight excluding hydrogens is 527 g/mol. The van der Waals surface area contributed by atoms with E-state index in [2.05, 4.69) is 0 Å². The van der Waals surface area contributed by atoms with Crippen molar-refractivity contribution in [3.63, 3.8) is 0 Å². The van der Waals surface area contributed by atoms with Gasteiger partial charge in [-0.25, -0.2) is 0 Å². The number of halogens is 2. The van der Waals surface area contributed by atoms with Gasteiger partial charge in [0.05, 0.1) is 45.9 Å². The lowest BCUT2D eigenvalue weighted by Gasteiger charge is -2.32. The molecule has 2 aliphatic rings. The minimum atomic E-state index is -1.20. The van der Waals surface area contributed by atoms with Crippen molar-refractivity contribution < 1.29 is 42.9 Å². The molecule has 1 aromatic rings. The molecule has 0 bridgehead atoms. The van der Waals surface area contributed by atoms with E-state index < -0.39 is 60.8 Å². The number of esters is 4. The quantitative estimate of drug-likeness (QED) is 0.285.